The molecule has 0 saturated carbocycles. The predicted molar refractivity (Wildman–Crippen MR) is 72.0 cm³/mol. The highest BCUT2D eigenvalue weighted by Gasteiger charge is 2.08. The van der Waals surface area contributed by atoms with E-state index in [4.69, 9.17) is 5.73 Å². The Balaban J connectivity index is 1.93. The van der Waals surface area contributed by atoms with Crippen LogP contribution in [0.5, 0.6) is 0 Å². The SMILES string of the molecule is Cc1ncsc1CN(C)Cc1csc(CN)n1. The van der Waals surface area contributed by atoms with Crippen molar-refractivity contribution in [2.75, 3.05) is 7.05 Å². The molecule has 17 heavy (non-hydrogen) atoms. The first kappa shape index (κ1) is 12.6. The Morgan fingerprint density at radius 2 is 2.18 bits per heavy atom. The van der Waals surface area contributed by atoms with Crippen LogP contribution in [-0.2, 0) is 19.6 Å². The predicted octanol–water partition coefficient (Wildman–Crippen LogP) is 2.00. The lowest BCUT2D eigenvalue weighted by atomic mass is 10.3. The molecular formula is C11H16N4S2. The van der Waals surface area contributed by atoms with Crippen LogP contribution in [0.15, 0.2) is 10.9 Å². The first-order chi connectivity index (χ1) is 8.19. The van der Waals surface area contributed by atoms with Crippen molar-refractivity contribution < 1.29 is 0 Å². The van der Waals surface area contributed by atoms with Crippen LogP contribution < -0.4 is 5.73 Å². The molecule has 2 heterocycles. The highest BCUT2D eigenvalue weighted by molar-refractivity contribution is 7.10. The molecule has 2 aromatic heterocycles. The molecule has 0 radical (unpaired) electrons. The first-order valence-electron chi connectivity index (χ1n) is 5.40. The van der Waals surface area contributed by atoms with Gasteiger partial charge in [0.25, 0.3) is 0 Å². The minimum atomic E-state index is 0.530. The molecule has 2 N–H and O–H groups in total. The Bertz CT molecular complexity index is 477. The third kappa shape index (κ3) is 3.32. The largest absolute Gasteiger partial charge is 0.325 e. The fourth-order valence-electron chi connectivity index (χ4n) is 1.57. The van der Waals surface area contributed by atoms with E-state index in [1.54, 1.807) is 22.7 Å². The van der Waals surface area contributed by atoms with Crippen molar-refractivity contribution in [2.24, 2.45) is 5.73 Å². The fourth-order valence-corrected chi connectivity index (χ4v) is 3.09. The highest BCUT2D eigenvalue weighted by atomic mass is 32.1. The number of nitrogens with two attached hydrogens (primary N) is 1. The van der Waals surface area contributed by atoms with Gasteiger partial charge in [-0.05, 0) is 14.0 Å². The minimum absolute atomic E-state index is 0.530. The van der Waals surface area contributed by atoms with E-state index in [0.717, 1.165) is 29.5 Å². The summed E-state index contributed by atoms with van der Waals surface area (Å²) in [7, 11) is 2.10. The number of aromatic nitrogens is 2. The highest BCUT2D eigenvalue weighted by Crippen LogP contribution is 2.16. The molecule has 0 aliphatic heterocycles. The van der Waals surface area contributed by atoms with Gasteiger partial charge in [-0.3, -0.25) is 4.90 Å². The molecular weight excluding hydrogens is 252 g/mol. The van der Waals surface area contributed by atoms with Crippen molar-refractivity contribution in [2.45, 2.75) is 26.6 Å². The van der Waals surface area contributed by atoms with Crippen molar-refractivity contribution in [3.63, 3.8) is 0 Å². The molecule has 0 aromatic carbocycles. The van der Waals surface area contributed by atoms with Crippen molar-refractivity contribution in [1.82, 2.24) is 14.9 Å². The van der Waals surface area contributed by atoms with Crippen LogP contribution >= 0.6 is 22.7 Å². The lowest BCUT2D eigenvalue weighted by molar-refractivity contribution is 0.317. The van der Waals surface area contributed by atoms with E-state index in [-0.39, 0.29) is 0 Å². The number of rotatable bonds is 5. The zero-order chi connectivity index (χ0) is 12.3. The maximum atomic E-state index is 5.55. The first-order valence-corrected chi connectivity index (χ1v) is 7.16. The monoisotopic (exact) mass is 268 g/mol. The van der Waals surface area contributed by atoms with Gasteiger partial charge in [0, 0.05) is 29.9 Å². The van der Waals surface area contributed by atoms with Gasteiger partial charge in [-0.15, -0.1) is 22.7 Å². The second-order valence-corrected chi connectivity index (χ2v) is 5.85. The Labute approximate surface area is 109 Å². The molecule has 2 rings (SSSR count). The smallest absolute Gasteiger partial charge is 0.106 e. The van der Waals surface area contributed by atoms with Gasteiger partial charge < -0.3 is 5.73 Å². The normalized spacial score (nSPS) is 11.3. The third-order valence-electron chi connectivity index (χ3n) is 2.46. The summed E-state index contributed by atoms with van der Waals surface area (Å²) < 4.78 is 0. The van der Waals surface area contributed by atoms with Gasteiger partial charge in [0.15, 0.2) is 0 Å². The third-order valence-corrected chi connectivity index (χ3v) is 4.30. The second-order valence-electron chi connectivity index (χ2n) is 3.97. The van der Waals surface area contributed by atoms with E-state index in [9.17, 15) is 0 Å². The second kappa shape index (κ2) is 5.68. The van der Waals surface area contributed by atoms with Gasteiger partial charge >= 0.3 is 0 Å². The van der Waals surface area contributed by atoms with Crippen LogP contribution in [0, 0.1) is 6.92 Å². The molecule has 0 fully saturated rings. The Hall–Kier alpha value is -0.820. The minimum Gasteiger partial charge on any atom is -0.325 e. The summed E-state index contributed by atoms with van der Waals surface area (Å²) in [5.41, 5.74) is 9.67. The molecule has 0 bridgehead atoms. The number of hydrogen-bond acceptors (Lipinski definition) is 6. The van der Waals surface area contributed by atoms with Gasteiger partial charge in [0.1, 0.15) is 5.01 Å². The molecule has 4 nitrogen and oxygen atoms in total. The van der Waals surface area contributed by atoms with Crippen LogP contribution in [0.4, 0.5) is 0 Å². The summed E-state index contributed by atoms with van der Waals surface area (Å²) in [6.45, 7) is 4.36. The van der Waals surface area contributed by atoms with E-state index >= 15 is 0 Å². The van der Waals surface area contributed by atoms with Crippen LogP contribution in [-0.4, -0.2) is 21.9 Å². The summed E-state index contributed by atoms with van der Waals surface area (Å²) in [4.78, 5) is 12.3. The van der Waals surface area contributed by atoms with Crippen molar-refractivity contribution in [3.05, 3.63) is 32.2 Å². The lowest BCUT2D eigenvalue weighted by Gasteiger charge is -2.14. The quantitative estimate of drug-likeness (QED) is 0.901. The van der Waals surface area contributed by atoms with Crippen LogP contribution in [0.1, 0.15) is 21.3 Å². The maximum absolute atomic E-state index is 5.55. The average molecular weight is 268 g/mol. The standard InChI is InChI=1S/C11H16N4S2/c1-8-10(17-7-13-8)5-15(2)4-9-6-16-11(3-12)14-9/h6-7H,3-5,12H2,1-2H3. The molecule has 6 heteroatoms. The van der Waals surface area contributed by atoms with Crippen LogP contribution in [0.25, 0.3) is 0 Å². The summed E-state index contributed by atoms with van der Waals surface area (Å²) in [5, 5.41) is 3.08. The summed E-state index contributed by atoms with van der Waals surface area (Å²) in [6.07, 6.45) is 0. The fraction of sp³-hybridized carbons (Fsp3) is 0.455. The number of hydrogen-bond donors (Lipinski definition) is 1. The van der Waals surface area contributed by atoms with Gasteiger partial charge in [-0.1, -0.05) is 0 Å². The summed E-state index contributed by atoms with van der Waals surface area (Å²) in [5.74, 6) is 0. The van der Waals surface area contributed by atoms with Gasteiger partial charge in [0.2, 0.25) is 0 Å². The molecule has 0 amide bonds. The van der Waals surface area contributed by atoms with Crippen LogP contribution in [0.2, 0.25) is 0 Å². The summed E-state index contributed by atoms with van der Waals surface area (Å²) >= 11 is 3.34. The van der Waals surface area contributed by atoms with E-state index in [1.165, 1.54) is 4.88 Å². The van der Waals surface area contributed by atoms with Gasteiger partial charge in [0.05, 0.1) is 16.9 Å². The molecule has 2 aromatic rings. The molecule has 0 spiro atoms. The summed E-state index contributed by atoms with van der Waals surface area (Å²) in [6, 6.07) is 0. The van der Waals surface area contributed by atoms with Gasteiger partial charge in [-0.2, -0.15) is 0 Å². The maximum Gasteiger partial charge on any atom is 0.106 e. The molecule has 0 aliphatic rings. The molecule has 0 unspecified atom stereocenters. The molecule has 92 valence electrons. The molecule has 0 atom stereocenters. The van der Waals surface area contributed by atoms with E-state index in [0.29, 0.717) is 6.54 Å². The zero-order valence-corrected chi connectivity index (χ0v) is 11.6. The van der Waals surface area contributed by atoms with E-state index in [2.05, 4.69) is 34.2 Å². The van der Waals surface area contributed by atoms with E-state index in [1.807, 2.05) is 5.51 Å². The number of aryl methyl sites for hydroxylation is 1. The van der Waals surface area contributed by atoms with Gasteiger partial charge in [-0.25, -0.2) is 9.97 Å². The molecule has 0 aliphatic carbocycles. The zero-order valence-electron chi connectivity index (χ0n) is 10.0. The number of nitrogens with zero attached hydrogens (tertiary/aromatic N) is 3. The Morgan fingerprint density at radius 3 is 2.76 bits per heavy atom. The van der Waals surface area contributed by atoms with Crippen molar-refractivity contribution in [3.8, 4) is 0 Å². The Kier molecular flexibility index (Phi) is 4.22. The Morgan fingerprint density at radius 1 is 1.35 bits per heavy atom. The van der Waals surface area contributed by atoms with Crippen molar-refractivity contribution in [1.29, 1.82) is 0 Å². The molecule has 0 saturated heterocycles. The van der Waals surface area contributed by atoms with E-state index < -0.39 is 0 Å². The lowest BCUT2D eigenvalue weighted by Crippen LogP contribution is -2.17. The van der Waals surface area contributed by atoms with Crippen LogP contribution in [0.3, 0.4) is 0 Å². The van der Waals surface area contributed by atoms with Crippen molar-refractivity contribution >= 4 is 22.7 Å². The average Bonchev–Trinajstić information content (AvgIpc) is 2.89. The topological polar surface area (TPSA) is 55.0 Å². The number of thiazole rings is 2.